The number of benzene rings is 2. The van der Waals surface area contributed by atoms with Crippen molar-refractivity contribution in [2.24, 2.45) is 0 Å². The van der Waals surface area contributed by atoms with E-state index >= 15 is 0 Å². The van der Waals surface area contributed by atoms with Gasteiger partial charge in [-0.05, 0) is 24.3 Å². The smallest absolute Gasteiger partial charge is 0.119 e. The zero-order valence-corrected chi connectivity index (χ0v) is 10.7. The number of hydrogen-bond acceptors (Lipinski definition) is 1. The Labute approximate surface area is 110 Å². The van der Waals surface area contributed by atoms with Crippen LogP contribution >= 0.6 is 11.8 Å². The maximum atomic E-state index is 6.36. The van der Waals surface area contributed by atoms with E-state index in [1.54, 1.807) is 11.2 Å². The van der Waals surface area contributed by atoms with Gasteiger partial charge in [0.05, 0.1) is 18.3 Å². The molecule has 0 unspecified atom stereocenters. The highest BCUT2D eigenvalue weighted by Crippen LogP contribution is 2.30. The van der Waals surface area contributed by atoms with Crippen molar-refractivity contribution in [2.75, 3.05) is 7.11 Å². The highest BCUT2D eigenvalue weighted by Gasteiger charge is 2.09. The molecule has 1 aromatic heterocycles. The summed E-state index contributed by atoms with van der Waals surface area (Å²) in [5, 5.41) is 1.13. The van der Waals surface area contributed by atoms with Crippen molar-refractivity contribution in [1.29, 1.82) is 0 Å². The second kappa shape index (κ2) is 4.39. The first-order valence-corrected chi connectivity index (χ1v) is 6.04. The Balaban J connectivity index is 2.21. The lowest BCUT2D eigenvalue weighted by molar-refractivity contribution is 0.415. The van der Waals surface area contributed by atoms with Gasteiger partial charge in [0.2, 0.25) is 0 Å². The maximum Gasteiger partial charge on any atom is 0.119 e. The minimum atomic E-state index is 0.828. The van der Waals surface area contributed by atoms with Crippen LogP contribution in [0.4, 0.5) is 0 Å². The van der Waals surface area contributed by atoms with Crippen LogP contribution < -0.4 is 4.74 Å². The third-order valence-electron chi connectivity index (χ3n) is 3.02. The van der Waals surface area contributed by atoms with Crippen molar-refractivity contribution in [3.63, 3.8) is 0 Å². The number of nitrogens with zero attached hydrogens (tertiary/aromatic N) is 1. The number of halogens is 1. The van der Waals surface area contributed by atoms with Crippen molar-refractivity contribution >= 4 is 22.7 Å². The van der Waals surface area contributed by atoms with Gasteiger partial charge in [0, 0.05) is 22.7 Å². The predicted molar refractivity (Wildman–Crippen MR) is 75.2 cm³/mol. The van der Waals surface area contributed by atoms with Gasteiger partial charge in [-0.3, -0.25) is 4.09 Å². The van der Waals surface area contributed by atoms with E-state index in [1.165, 1.54) is 0 Å². The molecule has 3 heteroatoms. The Kier molecular flexibility index (Phi) is 2.73. The van der Waals surface area contributed by atoms with Crippen molar-refractivity contribution < 1.29 is 4.74 Å². The summed E-state index contributed by atoms with van der Waals surface area (Å²) in [6.45, 7) is 0. The summed E-state index contributed by atoms with van der Waals surface area (Å²) in [7, 11) is 1.66. The summed E-state index contributed by atoms with van der Waals surface area (Å²) in [5.74, 6) is 0.828. The molecule has 0 N–H and O–H groups in total. The van der Waals surface area contributed by atoms with Gasteiger partial charge in [0.1, 0.15) is 5.75 Å². The molecule has 0 saturated carbocycles. The molecule has 18 heavy (non-hydrogen) atoms. The number of hydrogen-bond donors (Lipinski definition) is 0. The molecular formula is C15H12ClNO. The standard InChI is InChI=1S/C15H12ClNO/c1-18-13-7-4-6-11(9-13)15-10-12-5-2-3-8-14(12)17(15)16/h2-10H,1H3. The maximum absolute atomic E-state index is 6.36. The van der Waals surface area contributed by atoms with Crippen molar-refractivity contribution in [2.45, 2.75) is 0 Å². The van der Waals surface area contributed by atoms with Crippen LogP contribution in [0.15, 0.2) is 54.6 Å². The van der Waals surface area contributed by atoms with Crippen LogP contribution in [0.3, 0.4) is 0 Å². The number of rotatable bonds is 2. The van der Waals surface area contributed by atoms with Crippen LogP contribution in [0.5, 0.6) is 5.75 Å². The summed E-state index contributed by atoms with van der Waals surface area (Å²) in [6.07, 6.45) is 0. The molecule has 0 aliphatic heterocycles. The SMILES string of the molecule is COc1cccc(-c2cc3ccccc3n2Cl)c1. The molecule has 2 aromatic carbocycles. The van der Waals surface area contributed by atoms with E-state index in [0.717, 1.165) is 27.9 Å². The molecule has 0 aliphatic carbocycles. The second-order valence-electron chi connectivity index (χ2n) is 4.10. The van der Waals surface area contributed by atoms with E-state index in [-0.39, 0.29) is 0 Å². The molecule has 3 rings (SSSR count). The van der Waals surface area contributed by atoms with Gasteiger partial charge in [0.25, 0.3) is 0 Å². The van der Waals surface area contributed by atoms with Gasteiger partial charge in [-0.25, -0.2) is 0 Å². The number of ether oxygens (including phenoxy) is 1. The van der Waals surface area contributed by atoms with Crippen molar-refractivity contribution in [1.82, 2.24) is 4.09 Å². The van der Waals surface area contributed by atoms with E-state index in [9.17, 15) is 0 Å². The molecule has 1 heterocycles. The summed E-state index contributed by atoms with van der Waals surface area (Å²) in [4.78, 5) is 0. The lowest BCUT2D eigenvalue weighted by Crippen LogP contribution is -1.87. The predicted octanol–water partition coefficient (Wildman–Crippen LogP) is 4.32. The molecule has 0 bridgehead atoms. The first kappa shape index (κ1) is 11.2. The molecule has 0 atom stereocenters. The zero-order valence-electron chi connectivity index (χ0n) is 9.93. The van der Waals surface area contributed by atoms with Crippen LogP contribution in [0.1, 0.15) is 0 Å². The molecule has 3 aromatic rings. The van der Waals surface area contributed by atoms with Gasteiger partial charge in [-0.1, -0.05) is 30.3 Å². The topological polar surface area (TPSA) is 14.2 Å². The Hall–Kier alpha value is -1.93. The lowest BCUT2D eigenvalue weighted by Gasteiger charge is -2.04. The summed E-state index contributed by atoms with van der Waals surface area (Å²) < 4.78 is 6.92. The third kappa shape index (κ3) is 1.75. The fourth-order valence-corrected chi connectivity index (χ4v) is 2.40. The Morgan fingerprint density at radius 2 is 1.83 bits per heavy atom. The van der Waals surface area contributed by atoms with Gasteiger partial charge < -0.3 is 4.74 Å². The first-order valence-electron chi connectivity index (χ1n) is 5.70. The highest BCUT2D eigenvalue weighted by molar-refractivity contribution is 6.21. The van der Waals surface area contributed by atoms with Crippen LogP contribution in [0.2, 0.25) is 0 Å². The molecule has 0 aliphatic rings. The summed E-state index contributed by atoms with van der Waals surface area (Å²) in [5.41, 5.74) is 3.02. The summed E-state index contributed by atoms with van der Waals surface area (Å²) >= 11 is 6.36. The molecule has 2 nitrogen and oxygen atoms in total. The monoisotopic (exact) mass is 257 g/mol. The fourth-order valence-electron chi connectivity index (χ4n) is 2.10. The quantitative estimate of drug-likeness (QED) is 0.667. The average Bonchev–Trinajstić information content (AvgIpc) is 2.77. The van der Waals surface area contributed by atoms with Crippen molar-refractivity contribution in [3.8, 4) is 17.0 Å². The van der Waals surface area contributed by atoms with Gasteiger partial charge in [-0.2, -0.15) is 0 Å². The Morgan fingerprint density at radius 3 is 2.61 bits per heavy atom. The van der Waals surface area contributed by atoms with Gasteiger partial charge in [0.15, 0.2) is 0 Å². The van der Waals surface area contributed by atoms with Crippen LogP contribution in [-0.4, -0.2) is 11.2 Å². The lowest BCUT2D eigenvalue weighted by atomic mass is 10.1. The van der Waals surface area contributed by atoms with E-state index in [4.69, 9.17) is 16.5 Å². The largest absolute Gasteiger partial charge is 0.497 e. The van der Waals surface area contributed by atoms with Gasteiger partial charge >= 0.3 is 0 Å². The minimum absolute atomic E-state index is 0.828. The Morgan fingerprint density at radius 1 is 1.00 bits per heavy atom. The highest BCUT2D eigenvalue weighted by atomic mass is 35.5. The molecule has 0 spiro atoms. The first-order chi connectivity index (χ1) is 8.79. The van der Waals surface area contributed by atoms with Gasteiger partial charge in [-0.15, -0.1) is 0 Å². The van der Waals surface area contributed by atoms with Crippen molar-refractivity contribution in [3.05, 3.63) is 54.6 Å². The van der Waals surface area contributed by atoms with Crippen LogP contribution in [0.25, 0.3) is 22.2 Å². The molecule has 0 fully saturated rings. The van der Waals surface area contributed by atoms with E-state index in [2.05, 4.69) is 12.1 Å². The molecule has 0 radical (unpaired) electrons. The van der Waals surface area contributed by atoms with Crippen LogP contribution in [0, 0.1) is 0 Å². The Bertz CT molecular complexity index is 703. The molecular weight excluding hydrogens is 246 g/mol. The second-order valence-corrected chi connectivity index (χ2v) is 4.44. The number of fused-ring (bicyclic) bond motifs is 1. The molecule has 0 saturated heterocycles. The number of methoxy groups -OCH3 is 1. The molecule has 0 amide bonds. The molecule has 90 valence electrons. The minimum Gasteiger partial charge on any atom is -0.497 e. The summed E-state index contributed by atoms with van der Waals surface area (Å²) in [6, 6.07) is 18.0. The number of para-hydroxylation sites is 1. The average molecular weight is 258 g/mol. The zero-order chi connectivity index (χ0) is 12.5. The number of aromatic nitrogens is 1. The van der Waals surface area contributed by atoms with Crippen LogP contribution in [-0.2, 0) is 0 Å². The fraction of sp³-hybridized carbons (Fsp3) is 0.0667. The van der Waals surface area contributed by atoms with E-state index in [0.29, 0.717) is 0 Å². The van der Waals surface area contributed by atoms with E-state index < -0.39 is 0 Å². The van der Waals surface area contributed by atoms with E-state index in [1.807, 2.05) is 42.5 Å². The normalized spacial score (nSPS) is 10.8. The third-order valence-corrected chi connectivity index (χ3v) is 3.38.